The predicted molar refractivity (Wildman–Crippen MR) is 244 cm³/mol. The van der Waals surface area contributed by atoms with Gasteiger partial charge in [-0.05, 0) is 84.6 Å². The average Bonchev–Trinajstić information content (AvgIpc) is 3.93. The molecule has 9 aromatic carbocycles. The fourth-order valence-electron chi connectivity index (χ4n) is 10.4. The SMILES string of the molecule is c1ccc(-c2nc(-c3cccc4ccccc34)nc(-n3c4ccccc4c4ccc(-c5ccc6c(c5)C5(c7ccccc7-c7ccccc75)c5ccccc5-6)cc43)n2)cc1. The molecule has 2 heterocycles. The largest absolute Gasteiger partial charge is 0.278 e. The zero-order valence-corrected chi connectivity index (χ0v) is 32.4. The number of aromatic nitrogens is 4. The van der Waals surface area contributed by atoms with Crippen molar-refractivity contribution in [3.05, 3.63) is 229 Å². The Balaban J connectivity index is 1.05. The molecule has 278 valence electrons. The highest BCUT2D eigenvalue weighted by Gasteiger charge is 2.51. The molecule has 0 unspecified atom stereocenters. The van der Waals surface area contributed by atoms with E-state index >= 15 is 0 Å². The number of para-hydroxylation sites is 1. The van der Waals surface area contributed by atoms with Crippen molar-refractivity contribution >= 4 is 32.6 Å². The predicted octanol–water partition coefficient (Wildman–Crippen LogP) is 13.5. The fourth-order valence-corrected chi connectivity index (χ4v) is 10.4. The summed E-state index contributed by atoms with van der Waals surface area (Å²) in [4.78, 5) is 15.7. The van der Waals surface area contributed by atoms with Crippen molar-refractivity contribution in [2.24, 2.45) is 0 Å². The summed E-state index contributed by atoms with van der Waals surface area (Å²) in [6.07, 6.45) is 0. The lowest BCUT2D eigenvalue weighted by molar-refractivity contribution is 0.794. The molecule has 0 bridgehead atoms. The maximum absolute atomic E-state index is 5.33. The molecule has 13 rings (SSSR count). The van der Waals surface area contributed by atoms with Crippen LogP contribution in [0.3, 0.4) is 0 Å². The summed E-state index contributed by atoms with van der Waals surface area (Å²) in [5.74, 6) is 1.85. The monoisotopic (exact) mass is 762 g/mol. The summed E-state index contributed by atoms with van der Waals surface area (Å²) in [5.41, 5.74) is 16.4. The molecule has 4 heteroatoms. The molecule has 0 radical (unpaired) electrons. The van der Waals surface area contributed by atoms with E-state index in [0.29, 0.717) is 17.6 Å². The van der Waals surface area contributed by atoms with E-state index in [9.17, 15) is 0 Å². The van der Waals surface area contributed by atoms with Crippen LogP contribution < -0.4 is 0 Å². The molecular weight excluding hydrogens is 729 g/mol. The van der Waals surface area contributed by atoms with E-state index in [1.807, 2.05) is 18.2 Å². The van der Waals surface area contributed by atoms with Gasteiger partial charge in [-0.1, -0.05) is 188 Å². The molecule has 0 saturated carbocycles. The summed E-state index contributed by atoms with van der Waals surface area (Å²) >= 11 is 0. The maximum atomic E-state index is 5.33. The first-order valence-electron chi connectivity index (χ1n) is 20.5. The summed E-state index contributed by atoms with van der Waals surface area (Å²) in [5, 5.41) is 4.54. The highest BCUT2D eigenvalue weighted by Crippen LogP contribution is 2.63. The lowest BCUT2D eigenvalue weighted by Gasteiger charge is -2.30. The molecule has 2 aliphatic carbocycles. The molecule has 0 amide bonds. The van der Waals surface area contributed by atoms with Gasteiger partial charge in [-0.15, -0.1) is 0 Å². The number of nitrogens with zero attached hydrogens (tertiary/aromatic N) is 4. The first-order chi connectivity index (χ1) is 29.8. The fraction of sp³-hybridized carbons (Fsp3) is 0.0179. The Hall–Kier alpha value is -7.95. The lowest BCUT2D eigenvalue weighted by atomic mass is 9.70. The van der Waals surface area contributed by atoms with Crippen LogP contribution in [0.4, 0.5) is 0 Å². The van der Waals surface area contributed by atoms with Gasteiger partial charge in [0.15, 0.2) is 11.6 Å². The Morgan fingerprint density at radius 2 is 0.850 bits per heavy atom. The van der Waals surface area contributed by atoms with Gasteiger partial charge < -0.3 is 0 Å². The van der Waals surface area contributed by atoms with E-state index in [1.165, 1.54) is 50.1 Å². The Morgan fingerprint density at radius 3 is 1.60 bits per heavy atom. The first-order valence-corrected chi connectivity index (χ1v) is 20.5. The Labute approximate surface area is 346 Å². The maximum Gasteiger partial charge on any atom is 0.238 e. The van der Waals surface area contributed by atoms with Gasteiger partial charge in [0.25, 0.3) is 0 Å². The quantitative estimate of drug-likeness (QED) is 0.179. The standard InChI is InChI=1S/C56H34N4/c1-2-16-36(17-3-1)53-57-54(46-24-14-18-35-15-4-5-19-39(35)46)59-55(58-53)60-51-28-13-9-23-44(51)45-32-30-38(34-52(45)60)37-29-31-43-42-22-8-12-27-49(42)56(50(43)33-37)47-25-10-6-20-40(47)41-21-7-11-26-48(41)56/h1-34H. The van der Waals surface area contributed by atoms with Gasteiger partial charge in [-0.2, -0.15) is 9.97 Å². The van der Waals surface area contributed by atoms with E-state index in [-0.39, 0.29) is 0 Å². The third-order valence-corrected chi connectivity index (χ3v) is 12.9. The minimum Gasteiger partial charge on any atom is -0.278 e. The molecule has 11 aromatic rings. The summed E-state index contributed by atoms with van der Waals surface area (Å²) in [6, 6.07) is 74.5. The van der Waals surface area contributed by atoms with Crippen LogP contribution in [0, 0.1) is 0 Å². The number of rotatable bonds is 4. The van der Waals surface area contributed by atoms with Crippen LogP contribution in [-0.2, 0) is 5.41 Å². The number of hydrogen-bond donors (Lipinski definition) is 0. The summed E-state index contributed by atoms with van der Waals surface area (Å²) in [7, 11) is 0. The van der Waals surface area contributed by atoms with Crippen molar-refractivity contribution in [3.8, 4) is 62.1 Å². The third-order valence-electron chi connectivity index (χ3n) is 12.9. The van der Waals surface area contributed by atoms with Gasteiger partial charge in [0.1, 0.15) is 0 Å². The van der Waals surface area contributed by atoms with Gasteiger partial charge in [0.2, 0.25) is 5.95 Å². The third kappa shape index (κ3) is 4.53. The average molecular weight is 763 g/mol. The van der Waals surface area contributed by atoms with Crippen LogP contribution in [0.25, 0.3) is 94.7 Å². The normalized spacial score (nSPS) is 13.1. The highest BCUT2D eigenvalue weighted by molar-refractivity contribution is 6.10. The van der Waals surface area contributed by atoms with E-state index in [0.717, 1.165) is 49.3 Å². The number of benzene rings is 9. The number of hydrogen-bond acceptors (Lipinski definition) is 3. The Bertz CT molecular complexity index is 3490. The zero-order valence-electron chi connectivity index (χ0n) is 32.4. The van der Waals surface area contributed by atoms with Crippen molar-refractivity contribution < 1.29 is 0 Å². The van der Waals surface area contributed by atoms with E-state index in [1.54, 1.807) is 0 Å². The van der Waals surface area contributed by atoms with Crippen LogP contribution in [0.2, 0.25) is 0 Å². The first kappa shape index (κ1) is 33.1. The summed E-state index contributed by atoms with van der Waals surface area (Å²) in [6.45, 7) is 0. The molecule has 0 N–H and O–H groups in total. The van der Waals surface area contributed by atoms with Crippen LogP contribution in [0.1, 0.15) is 22.3 Å². The Kier molecular flexibility index (Phi) is 6.90. The van der Waals surface area contributed by atoms with Crippen LogP contribution in [0.5, 0.6) is 0 Å². The van der Waals surface area contributed by atoms with Crippen molar-refractivity contribution in [3.63, 3.8) is 0 Å². The molecule has 0 atom stereocenters. The topological polar surface area (TPSA) is 43.6 Å². The lowest BCUT2D eigenvalue weighted by Crippen LogP contribution is -2.25. The van der Waals surface area contributed by atoms with Crippen LogP contribution in [-0.4, -0.2) is 19.5 Å². The van der Waals surface area contributed by atoms with Crippen molar-refractivity contribution in [2.45, 2.75) is 5.41 Å². The van der Waals surface area contributed by atoms with Gasteiger partial charge in [0, 0.05) is 21.9 Å². The molecule has 60 heavy (non-hydrogen) atoms. The van der Waals surface area contributed by atoms with Gasteiger partial charge in [-0.3, -0.25) is 4.57 Å². The van der Waals surface area contributed by atoms with Crippen molar-refractivity contribution in [1.82, 2.24) is 19.5 Å². The smallest absolute Gasteiger partial charge is 0.238 e. The van der Waals surface area contributed by atoms with Crippen molar-refractivity contribution in [2.75, 3.05) is 0 Å². The minimum absolute atomic E-state index is 0.412. The van der Waals surface area contributed by atoms with E-state index in [2.05, 4.69) is 193 Å². The zero-order chi connectivity index (χ0) is 39.4. The second-order valence-corrected chi connectivity index (χ2v) is 15.9. The van der Waals surface area contributed by atoms with Crippen molar-refractivity contribution in [1.29, 1.82) is 0 Å². The van der Waals surface area contributed by atoms with Crippen LogP contribution >= 0.6 is 0 Å². The minimum atomic E-state index is -0.412. The van der Waals surface area contributed by atoms with Gasteiger partial charge in [-0.25, -0.2) is 4.98 Å². The molecule has 4 nitrogen and oxygen atoms in total. The highest BCUT2D eigenvalue weighted by atomic mass is 15.2. The second-order valence-electron chi connectivity index (χ2n) is 15.9. The van der Waals surface area contributed by atoms with Crippen LogP contribution in [0.15, 0.2) is 206 Å². The molecule has 0 aliphatic heterocycles. The summed E-state index contributed by atoms with van der Waals surface area (Å²) < 4.78 is 2.23. The molecular formula is C56H34N4. The molecule has 0 saturated heterocycles. The second kappa shape index (κ2) is 12.5. The van der Waals surface area contributed by atoms with E-state index < -0.39 is 5.41 Å². The molecule has 2 aromatic heterocycles. The van der Waals surface area contributed by atoms with Gasteiger partial charge in [0.05, 0.1) is 16.4 Å². The van der Waals surface area contributed by atoms with Gasteiger partial charge >= 0.3 is 0 Å². The molecule has 1 spiro atoms. The van der Waals surface area contributed by atoms with E-state index in [4.69, 9.17) is 15.0 Å². The Morgan fingerprint density at radius 1 is 0.317 bits per heavy atom. The number of fused-ring (bicyclic) bond motifs is 14. The molecule has 0 fully saturated rings. The molecule has 2 aliphatic rings.